The zero-order valence-electron chi connectivity index (χ0n) is 18.6. The summed E-state index contributed by atoms with van der Waals surface area (Å²) in [6.45, 7) is 5.22. The molecule has 32 heavy (non-hydrogen) atoms. The number of nitrogens with zero attached hydrogens (tertiary/aromatic N) is 2. The van der Waals surface area contributed by atoms with Crippen molar-refractivity contribution in [2.45, 2.75) is 45.7 Å². The molecule has 1 heterocycles. The minimum absolute atomic E-state index is 0.219. The number of hydrogen-bond donors (Lipinski definition) is 1. The van der Waals surface area contributed by atoms with E-state index in [-0.39, 0.29) is 24.2 Å². The van der Waals surface area contributed by atoms with Crippen molar-refractivity contribution in [1.82, 2.24) is 9.55 Å². The Hall–Kier alpha value is -3.19. The molecule has 170 valence electrons. The van der Waals surface area contributed by atoms with Gasteiger partial charge < -0.3 is 19.8 Å². The Labute approximate surface area is 188 Å². The molecule has 7 heteroatoms. The van der Waals surface area contributed by atoms with Crippen LogP contribution in [0.2, 0.25) is 0 Å². The molecule has 0 amide bonds. The number of hydrogen-bond acceptors (Lipinski definition) is 5. The third-order valence-electron chi connectivity index (χ3n) is 5.17. The number of halogens is 1. The van der Waals surface area contributed by atoms with Crippen molar-refractivity contribution in [3.05, 3.63) is 71.8 Å². The zero-order valence-corrected chi connectivity index (χ0v) is 18.6. The summed E-state index contributed by atoms with van der Waals surface area (Å²) in [6.07, 6.45) is 3.44. The van der Waals surface area contributed by atoms with Gasteiger partial charge in [-0.1, -0.05) is 18.2 Å². The van der Waals surface area contributed by atoms with Crippen molar-refractivity contribution >= 4 is 5.97 Å². The van der Waals surface area contributed by atoms with Crippen LogP contribution >= 0.6 is 0 Å². The summed E-state index contributed by atoms with van der Waals surface area (Å²) in [6, 6.07) is 14.0. The first-order valence-corrected chi connectivity index (χ1v) is 10.9. The van der Waals surface area contributed by atoms with Gasteiger partial charge in [0.25, 0.3) is 0 Å². The smallest absolute Gasteiger partial charge is 0.307 e. The molecule has 0 saturated heterocycles. The van der Waals surface area contributed by atoms with Crippen molar-refractivity contribution in [2.75, 3.05) is 13.2 Å². The molecule has 2 N–H and O–H groups in total. The predicted octanol–water partition coefficient (Wildman–Crippen LogP) is 4.49. The fraction of sp³-hybridized carbons (Fsp3) is 0.360. The van der Waals surface area contributed by atoms with Crippen LogP contribution in [0.15, 0.2) is 54.7 Å². The Morgan fingerprint density at radius 2 is 1.94 bits per heavy atom. The highest BCUT2D eigenvalue weighted by Gasteiger charge is 2.13. The van der Waals surface area contributed by atoms with E-state index < -0.39 is 0 Å². The molecule has 0 radical (unpaired) electrons. The number of nitrogens with two attached hydrogens (primary N) is 1. The standard InChI is InChI=1S/C25H30FN3O3/c1-3-31-24(30)15-22(27)8-6-14-32-23-9-5-4-7-20(23)17-29-18(2)16-28-25(29)19-10-12-21(26)13-11-19/h4-5,7,9-13,16,22H,3,6,8,14-15,17,27H2,1-2H3/t22-/m1/s1. The van der Waals surface area contributed by atoms with Gasteiger partial charge in [0.2, 0.25) is 0 Å². The van der Waals surface area contributed by atoms with E-state index in [1.54, 1.807) is 19.1 Å². The van der Waals surface area contributed by atoms with Gasteiger partial charge >= 0.3 is 5.97 Å². The molecule has 3 rings (SSSR count). The number of ether oxygens (including phenoxy) is 2. The average molecular weight is 440 g/mol. The van der Waals surface area contributed by atoms with E-state index in [4.69, 9.17) is 15.2 Å². The maximum absolute atomic E-state index is 13.3. The van der Waals surface area contributed by atoms with Gasteiger partial charge in [0.1, 0.15) is 17.4 Å². The van der Waals surface area contributed by atoms with Gasteiger partial charge in [-0.3, -0.25) is 4.79 Å². The summed E-state index contributed by atoms with van der Waals surface area (Å²) in [5.41, 5.74) is 8.89. The minimum atomic E-state index is -0.274. The second-order valence-corrected chi connectivity index (χ2v) is 7.68. The second-order valence-electron chi connectivity index (χ2n) is 7.68. The second kappa shape index (κ2) is 11.4. The average Bonchev–Trinajstić information content (AvgIpc) is 3.13. The topological polar surface area (TPSA) is 79.4 Å². The highest BCUT2D eigenvalue weighted by Crippen LogP contribution is 2.25. The van der Waals surface area contributed by atoms with Gasteiger partial charge in [0.05, 0.1) is 26.2 Å². The lowest BCUT2D eigenvalue weighted by Gasteiger charge is -2.16. The van der Waals surface area contributed by atoms with E-state index in [0.29, 0.717) is 26.2 Å². The lowest BCUT2D eigenvalue weighted by molar-refractivity contribution is -0.143. The lowest BCUT2D eigenvalue weighted by Crippen LogP contribution is -2.25. The Kier molecular flexibility index (Phi) is 8.39. The third kappa shape index (κ3) is 6.40. The molecule has 0 unspecified atom stereocenters. The number of aromatic nitrogens is 2. The number of aryl methyl sites for hydroxylation is 1. The quantitative estimate of drug-likeness (QED) is 0.352. The molecule has 0 aliphatic rings. The Morgan fingerprint density at radius 1 is 1.19 bits per heavy atom. The molecule has 0 saturated carbocycles. The van der Waals surface area contributed by atoms with Crippen LogP contribution in [0.1, 0.15) is 37.4 Å². The molecule has 3 aromatic rings. The van der Waals surface area contributed by atoms with Crippen LogP contribution in [0, 0.1) is 12.7 Å². The summed E-state index contributed by atoms with van der Waals surface area (Å²) >= 11 is 0. The molecular weight excluding hydrogens is 409 g/mol. The van der Waals surface area contributed by atoms with Gasteiger partial charge in [0.15, 0.2) is 0 Å². The predicted molar refractivity (Wildman–Crippen MR) is 122 cm³/mol. The number of imidazole rings is 1. The van der Waals surface area contributed by atoms with Crippen molar-refractivity contribution < 1.29 is 18.7 Å². The number of para-hydroxylation sites is 1. The molecule has 1 aromatic heterocycles. The Bertz CT molecular complexity index is 1020. The van der Waals surface area contributed by atoms with Crippen LogP contribution in [0.4, 0.5) is 4.39 Å². The first-order valence-electron chi connectivity index (χ1n) is 10.9. The van der Waals surface area contributed by atoms with E-state index in [0.717, 1.165) is 34.8 Å². The molecule has 2 aromatic carbocycles. The monoisotopic (exact) mass is 439 g/mol. The molecule has 0 aliphatic carbocycles. The molecule has 1 atom stereocenters. The fourth-order valence-corrected chi connectivity index (χ4v) is 3.50. The normalized spacial score (nSPS) is 11.9. The maximum atomic E-state index is 13.3. The number of carbonyl (C=O) groups excluding carboxylic acids is 1. The van der Waals surface area contributed by atoms with Gasteiger partial charge in [-0.15, -0.1) is 0 Å². The molecule has 6 nitrogen and oxygen atoms in total. The summed E-state index contributed by atoms with van der Waals surface area (Å²) < 4.78 is 26.4. The van der Waals surface area contributed by atoms with Crippen LogP contribution in [-0.2, 0) is 16.1 Å². The first kappa shape index (κ1) is 23.5. The minimum Gasteiger partial charge on any atom is -0.493 e. The van der Waals surface area contributed by atoms with E-state index in [9.17, 15) is 9.18 Å². The highest BCUT2D eigenvalue weighted by atomic mass is 19.1. The van der Waals surface area contributed by atoms with Crippen LogP contribution in [-0.4, -0.2) is 34.8 Å². The van der Waals surface area contributed by atoms with E-state index >= 15 is 0 Å². The summed E-state index contributed by atoms with van der Waals surface area (Å²) in [4.78, 5) is 16.0. The molecular formula is C25H30FN3O3. The zero-order chi connectivity index (χ0) is 22.9. The van der Waals surface area contributed by atoms with Gasteiger partial charge in [0, 0.05) is 29.1 Å². The van der Waals surface area contributed by atoms with Crippen molar-refractivity contribution in [1.29, 1.82) is 0 Å². The van der Waals surface area contributed by atoms with E-state index in [1.165, 1.54) is 12.1 Å². The molecule has 0 aliphatic heterocycles. The van der Waals surface area contributed by atoms with E-state index in [1.807, 2.05) is 37.4 Å². The van der Waals surface area contributed by atoms with E-state index in [2.05, 4.69) is 9.55 Å². The molecule has 0 fully saturated rings. The van der Waals surface area contributed by atoms with Crippen molar-refractivity contribution in [2.24, 2.45) is 5.73 Å². The van der Waals surface area contributed by atoms with Crippen LogP contribution < -0.4 is 10.5 Å². The molecule has 0 bridgehead atoms. The van der Waals surface area contributed by atoms with Crippen molar-refractivity contribution in [3.8, 4) is 17.1 Å². The Morgan fingerprint density at radius 3 is 2.69 bits per heavy atom. The number of esters is 1. The third-order valence-corrected chi connectivity index (χ3v) is 5.17. The van der Waals surface area contributed by atoms with Crippen LogP contribution in [0.3, 0.4) is 0 Å². The summed E-state index contributed by atoms with van der Waals surface area (Å²) in [5, 5.41) is 0. The van der Waals surface area contributed by atoms with Crippen LogP contribution in [0.25, 0.3) is 11.4 Å². The largest absolute Gasteiger partial charge is 0.493 e. The molecule has 0 spiro atoms. The fourth-order valence-electron chi connectivity index (χ4n) is 3.50. The first-order chi connectivity index (χ1) is 15.5. The maximum Gasteiger partial charge on any atom is 0.307 e. The van der Waals surface area contributed by atoms with Crippen molar-refractivity contribution in [3.63, 3.8) is 0 Å². The Balaban J connectivity index is 1.62. The number of benzene rings is 2. The number of carbonyl (C=O) groups is 1. The summed E-state index contributed by atoms with van der Waals surface area (Å²) in [7, 11) is 0. The SMILES string of the molecule is CCOC(=O)C[C@H](N)CCCOc1ccccc1Cn1c(C)cnc1-c1ccc(F)cc1. The lowest BCUT2D eigenvalue weighted by atomic mass is 10.1. The van der Waals surface area contributed by atoms with Crippen LogP contribution in [0.5, 0.6) is 5.75 Å². The van der Waals surface area contributed by atoms with Gasteiger partial charge in [-0.25, -0.2) is 9.37 Å². The van der Waals surface area contributed by atoms with Gasteiger partial charge in [-0.2, -0.15) is 0 Å². The number of rotatable bonds is 11. The van der Waals surface area contributed by atoms with Gasteiger partial charge in [-0.05, 0) is 57.0 Å². The highest BCUT2D eigenvalue weighted by molar-refractivity contribution is 5.70. The summed E-state index contributed by atoms with van der Waals surface area (Å²) in [5.74, 6) is 1.04.